The van der Waals surface area contributed by atoms with Gasteiger partial charge in [-0.3, -0.25) is 13.9 Å². The molecule has 0 heterocycles. The first kappa shape index (κ1) is 29.2. The van der Waals surface area contributed by atoms with Crippen LogP contribution in [0.25, 0.3) is 0 Å². The summed E-state index contributed by atoms with van der Waals surface area (Å²) in [6.45, 7) is 9.29. The van der Waals surface area contributed by atoms with Crippen molar-refractivity contribution in [3.05, 3.63) is 94.0 Å². The summed E-state index contributed by atoms with van der Waals surface area (Å²) in [5.74, 6) is -0.812. The predicted molar refractivity (Wildman–Crippen MR) is 152 cm³/mol. The molecule has 9 heteroatoms. The molecular formula is C29H34ClN3O4S. The number of hydrogen-bond donors (Lipinski definition) is 1. The summed E-state index contributed by atoms with van der Waals surface area (Å²) in [5.41, 5.74) is 4.10. The highest BCUT2D eigenvalue weighted by atomic mass is 35.5. The number of hydrogen-bond acceptors (Lipinski definition) is 4. The first-order chi connectivity index (χ1) is 17.9. The van der Waals surface area contributed by atoms with Crippen molar-refractivity contribution in [2.75, 3.05) is 17.4 Å². The minimum absolute atomic E-state index is 0.00920. The Morgan fingerprint density at radius 3 is 2.24 bits per heavy atom. The summed E-state index contributed by atoms with van der Waals surface area (Å²) >= 11 is 5.99. The van der Waals surface area contributed by atoms with E-state index in [2.05, 4.69) is 5.32 Å². The van der Waals surface area contributed by atoms with Crippen LogP contribution in [0.4, 0.5) is 5.69 Å². The highest BCUT2D eigenvalue weighted by molar-refractivity contribution is 7.92. The van der Waals surface area contributed by atoms with Crippen molar-refractivity contribution in [3.8, 4) is 0 Å². The van der Waals surface area contributed by atoms with Gasteiger partial charge in [-0.1, -0.05) is 47.5 Å². The number of benzene rings is 3. The van der Waals surface area contributed by atoms with Crippen LogP contribution < -0.4 is 9.62 Å². The molecule has 0 bridgehead atoms. The molecule has 0 radical (unpaired) electrons. The molecule has 0 aromatic heterocycles. The highest BCUT2D eigenvalue weighted by Gasteiger charge is 2.32. The first-order valence-electron chi connectivity index (χ1n) is 12.4. The molecule has 2 amide bonds. The third-order valence-electron chi connectivity index (χ3n) is 6.41. The van der Waals surface area contributed by atoms with Gasteiger partial charge < -0.3 is 10.2 Å². The van der Waals surface area contributed by atoms with Gasteiger partial charge in [0.05, 0.1) is 10.6 Å². The second-order valence-electron chi connectivity index (χ2n) is 9.32. The van der Waals surface area contributed by atoms with Crippen molar-refractivity contribution in [2.45, 2.75) is 52.1 Å². The van der Waals surface area contributed by atoms with Crippen molar-refractivity contribution in [1.29, 1.82) is 0 Å². The van der Waals surface area contributed by atoms with E-state index in [1.807, 2.05) is 51.1 Å². The van der Waals surface area contributed by atoms with Crippen molar-refractivity contribution in [2.24, 2.45) is 0 Å². The van der Waals surface area contributed by atoms with Gasteiger partial charge in [0.2, 0.25) is 11.8 Å². The van der Waals surface area contributed by atoms with E-state index in [0.29, 0.717) is 17.3 Å². The van der Waals surface area contributed by atoms with Crippen molar-refractivity contribution < 1.29 is 18.0 Å². The van der Waals surface area contributed by atoms with Crippen LogP contribution in [0.2, 0.25) is 5.02 Å². The lowest BCUT2D eigenvalue weighted by Gasteiger charge is -2.32. The third kappa shape index (κ3) is 6.94. The molecule has 0 saturated carbocycles. The zero-order valence-corrected chi connectivity index (χ0v) is 23.9. The molecule has 0 aliphatic rings. The molecule has 38 heavy (non-hydrogen) atoms. The van der Waals surface area contributed by atoms with Crippen molar-refractivity contribution in [3.63, 3.8) is 0 Å². The van der Waals surface area contributed by atoms with Gasteiger partial charge in [0.25, 0.3) is 10.0 Å². The van der Waals surface area contributed by atoms with Gasteiger partial charge in [0, 0.05) is 18.1 Å². The van der Waals surface area contributed by atoms with Gasteiger partial charge in [0.15, 0.2) is 0 Å². The molecule has 3 aromatic rings. The second-order valence-corrected chi connectivity index (χ2v) is 11.6. The molecule has 3 rings (SSSR count). The number of nitrogens with zero attached hydrogens (tertiary/aromatic N) is 2. The zero-order valence-electron chi connectivity index (χ0n) is 22.4. The van der Waals surface area contributed by atoms with E-state index in [0.717, 1.165) is 26.6 Å². The van der Waals surface area contributed by atoms with Gasteiger partial charge in [-0.2, -0.15) is 0 Å². The van der Waals surface area contributed by atoms with Crippen LogP contribution in [0, 0.1) is 20.8 Å². The van der Waals surface area contributed by atoms with Crippen molar-refractivity contribution in [1.82, 2.24) is 10.2 Å². The van der Waals surface area contributed by atoms with Crippen LogP contribution in [0.15, 0.2) is 71.6 Å². The molecule has 202 valence electrons. The van der Waals surface area contributed by atoms with Crippen LogP contribution in [0.1, 0.15) is 36.1 Å². The number of amides is 2. The standard InChI is InChI=1S/C29H34ClN3O4S/c1-6-31-29(35)23(5)32(18-24-9-7-8-20(2)16-24)28(34)19-33(26-13-10-21(3)22(4)17-26)38(36,37)27-14-11-25(30)12-15-27/h7-17,23H,6,18-19H2,1-5H3,(H,31,35)/t23-/m0/s1. The SMILES string of the molecule is CCNC(=O)[C@H](C)N(Cc1cccc(C)c1)C(=O)CN(c1ccc(C)c(C)c1)S(=O)(=O)c1ccc(Cl)cc1. The number of aryl methyl sites for hydroxylation is 3. The lowest BCUT2D eigenvalue weighted by atomic mass is 10.1. The third-order valence-corrected chi connectivity index (χ3v) is 8.45. The minimum atomic E-state index is -4.14. The number of rotatable bonds is 10. The van der Waals surface area contributed by atoms with E-state index in [1.165, 1.54) is 29.2 Å². The number of likely N-dealkylation sites (N-methyl/N-ethyl adjacent to an activating group) is 1. The molecule has 1 N–H and O–H groups in total. The van der Waals surface area contributed by atoms with E-state index >= 15 is 0 Å². The summed E-state index contributed by atoms with van der Waals surface area (Å²) in [6.07, 6.45) is 0. The summed E-state index contributed by atoms with van der Waals surface area (Å²) < 4.78 is 28.8. The Morgan fingerprint density at radius 1 is 0.947 bits per heavy atom. The molecule has 1 atom stereocenters. The molecule has 3 aromatic carbocycles. The Balaban J connectivity index is 2.06. The molecule has 0 spiro atoms. The topological polar surface area (TPSA) is 86.8 Å². The summed E-state index contributed by atoms with van der Waals surface area (Å²) in [7, 11) is -4.14. The summed E-state index contributed by atoms with van der Waals surface area (Å²) in [5, 5.41) is 3.16. The van der Waals surface area contributed by atoms with Crippen molar-refractivity contribution >= 4 is 39.1 Å². The zero-order chi connectivity index (χ0) is 28.0. The predicted octanol–water partition coefficient (Wildman–Crippen LogP) is 5.01. The fourth-order valence-electron chi connectivity index (χ4n) is 4.06. The Labute approximate surface area is 230 Å². The quantitative estimate of drug-likeness (QED) is 0.381. The summed E-state index contributed by atoms with van der Waals surface area (Å²) in [6, 6.07) is 17.9. The minimum Gasteiger partial charge on any atom is -0.355 e. The second kappa shape index (κ2) is 12.5. The average molecular weight is 556 g/mol. The fraction of sp³-hybridized carbons (Fsp3) is 0.310. The molecule has 0 fully saturated rings. The smallest absolute Gasteiger partial charge is 0.264 e. The number of halogens is 1. The molecule has 0 saturated heterocycles. The monoisotopic (exact) mass is 555 g/mol. The van der Waals surface area contributed by atoms with Crippen LogP contribution >= 0.6 is 11.6 Å². The van der Waals surface area contributed by atoms with Crippen LogP contribution in [-0.4, -0.2) is 44.3 Å². The molecular weight excluding hydrogens is 522 g/mol. The van der Waals surface area contributed by atoms with Gasteiger partial charge in [-0.25, -0.2) is 8.42 Å². The lowest BCUT2D eigenvalue weighted by molar-refractivity contribution is -0.139. The van der Waals surface area contributed by atoms with E-state index in [-0.39, 0.29) is 17.3 Å². The largest absolute Gasteiger partial charge is 0.355 e. The van der Waals surface area contributed by atoms with Gasteiger partial charge in [0.1, 0.15) is 12.6 Å². The van der Waals surface area contributed by atoms with Gasteiger partial charge >= 0.3 is 0 Å². The number of carbonyl (C=O) groups excluding carboxylic acids is 2. The number of nitrogens with one attached hydrogen (secondary N) is 1. The maximum Gasteiger partial charge on any atom is 0.264 e. The Bertz CT molecular complexity index is 1410. The van der Waals surface area contributed by atoms with Gasteiger partial charge in [-0.15, -0.1) is 0 Å². The highest BCUT2D eigenvalue weighted by Crippen LogP contribution is 2.27. The molecule has 0 unspecified atom stereocenters. The summed E-state index contributed by atoms with van der Waals surface area (Å²) in [4.78, 5) is 28.1. The molecule has 0 aliphatic carbocycles. The maximum absolute atomic E-state index is 13.9. The van der Waals surface area contributed by atoms with Crippen LogP contribution in [0.3, 0.4) is 0 Å². The van der Waals surface area contributed by atoms with Crippen LogP contribution in [0.5, 0.6) is 0 Å². The first-order valence-corrected chi connectivity index (χ1v) is 14.2. The van der Waals surface area contributed by atoms with E-state index in [1.54, 1.807) is 26.0 Å². The van der Waals surface area contributed by atoms with Crippen LogP contribution in [-0.2, 0) is 26.2 Å². The fourth-order valence-corrected chi connectivity index (χ4v) is 5.59. The average Bonchev–Trinajstić information content (AvgIpc) is 2.87. The van der Waals surface area contributed by atoms with Gasteiger partial charge in [-0.05, 0) is 87.7 Å². The lowest BCUT2D eigenvalue weighted by Crippen LogP contribution is -2.51. The Morgan fingerprint density at radius 2 is 1.63 bits per heavy atom. The van der Waals surface area contributed by atoms with E-state index < -0.39 is 28.5 Å². The number of sulfonamides is 1. The molecule has 7 nitrogen and oxygen atoms in total. The Kier molecular flexibility index (Phi) is 9.57. The normalized spacial score (nSPS) is 12.1. The Hall–Kier alpha value is -3.36. The number of carbonyl (C=O) groups is 2. The molecule has 0 aliphatic heterocycles. The van der Waals surface area contributed by atoms with E-state index in [9.17, 15) is 18.0 Å². The van der Waals surface area contributed by atoms with E-state index in [4.69, 9.17) is 11.6 Å². The number of anilines is 1. The maximum atomic E-state index is 13.9.